The molecule has 0 N–H and O–H groups in total. The van der Waals surface area contributed by atoms with E-state index in [1.807, 2.05) is 10.9 Å². The summed E-state index contributed by atoms with van der Waals surface area (Å²) in [7, 11) is 0. The highest BCUT2D eigenvalue weighted by atomic mass is 32.1. The second kappa shape index (κ2) is 3.66. The molecular formula is C10H9N5S. The van der Waals surface area contributed by atoms with Crippen LogP contribution in [-0.4, -0.2) is 16.3 Å². The number of azide groups is 1. The summed E-state index contributed by atoms with van der Waals surface area (Å²) >= 11 is 1.75. The molecule has 3 rings (SSSR count). The summed E-state index contributed by atoms with van der Waals surface area (Å²) in [6.45, 7) is 1.10. The van der Waals surface area contributed by atoms with Gasteiger partial charge >= 0.3 is 0 Å². The third kappa shape index (κ3) is 1.31. The quantitative estimate of drug-likeness (QED) is 0.388. The van der Waals surface area contributed by atoms with Crippen LogP contribution >= 0.6 is 11.3 Å². The first-order chi connectivity index (χ1) is 7.90. The molecule has 2 aromatic heterocycles. The molecule has 5 nitrogen and oxygen atoms in total. The maximum atomic E-state index is 8.24. The molecule has 0 spiro atoms. The predicted octanol–water partition coefficient (Wildman–Crippen LogP) is 2.83. The first kappa shape index (κ1) is 9.45. The van der Waals surface area contributed by atoms with Gasteiger partial charge in [0.25, 0.3) is 0 Å². The van der Waals surface area contributed by atoms with Crippen LogP contribution in [0.5, 0.6) is 0 Å². The number of aromatic nitrogens is 2. The van der Waals surface area contributed by atoms with E-state index in [1.165, 1.54) is 21.7 Å². The van der Waals surface area contributed by atoms with E-state index in [0.29, 0.717) is 13.1 Å². The average molecular weight is 231 g/mol. The fraction of sp³-hybridized carbons (Fsp3) is 0.300. The van der Waals surface area contributed by atoms with E-state index in [4.69, 9.17) is 5.53 Å². The van der Waals surface area contributed by atoms with E-state index in [1.54, 1.807) is 11.3 Å². The molecule has 0 saturated heterocycles. The van der Waals surface area contributed by atoms with Gasteiger partial charge in [-0.1, -0.05) is 5.11 Å². The molecule has 0 amide bonds. The van der Waals surface area contributed by atoms with Crippen molar-refractivity contribution in [2.45, 2.75) is 13.0 Å². The molecule has 0 atom stereocenters. The number of rotatable bonds is 3. The zero-order valence-electron chi connectivity index (χ0n) is 8.50. The summed E-state index contributed by atoms with van der Waals surface area (Å²) in [5.41, 5.74) is 12.1. The Morgan fingerprint density at radius 2 is 2.50 bits per heavy atom. The van der Waals surface area contributed by atoms with Crippen molar-refractivity contribution < 1.29 is 0 Å². The van der Waals surface area contributed by atoms with Gasteiger partial charge in [0.2, 0.25) is 0 Å². The molecule has 0 radical (unpaired) electrons. The van der Waals surface area contributed by atoms with Crippen LogP contribution in [0.1, 0.15) is 11.1 Å². The minimum Gasteiger partial charge on any atom is -0.264 e. The Labute approximate surface area is 96.0 Å². The Morgan fingerprint density at radius 1 is 1.56 bits per heavy atom. The minimum absolute atomic E-state index is 0.450. The van der Waals surface area contributed by atoms with Crippen LogP contribution in [-0.2, 0) is 13.0 Å². The smallest absolute Gasteiger partial charge is 0.0820 e. The molecule has 1 aliphatic carbocycles. The monoisotopic (exact) mass is 231 g/mol. The van der Waals surface area contributed by atoms with Crippen molar-refractivity contribution in [2.75, 3.05) is 6.54 Å². The van der Waals surface area contributed by atoms with E-state index in [-0.39, 0.29) is 0 Å². The van der Waals surface area contributed by atoms with Gasteiger partial charge in [-0.2, -0.15) is 5.10 Å². The summed E-state index contributed by atoms with van der Waals surface area (Å²) in [5.74, 6) is 0. The van der Waals surface area contributed by atoms with Gasteiger partial charge in [-0.25, -0.2) is 0 Å². The lowest BCUT2D eigenvalue weighted by molar-refractivity contribution is 0.631. The Hall–Kier alpha value is -1.78. The second-order valence-electron chi connectivity index (χ2n) is 3.65. The first-order valence-corrected chi connectivity index (χ1v) is 5.90. The van der Waals surface area contributed by atoms with Crippen LogP contribution in [0, 0.1) is 0 Å². The molecule has 6 heteroatoms. The van der Waals surface area contributed by atoms with Crippen LogP contribution in [0.15, 0.2) is 22.8 Å². The summed E-state index contributed by atoms with van der Waals surface area (Å²) in [4.78, 5) is 4.06. The molecule has 0 aromatic carbocycles. The third-order valence-corrected chi connectivity index (χ3v) is 3.70. The molecular weight excluding hydrogens is 222 g/mol. The van der Waals surface area contributed by atoms with Gasteiger partial charge in [-0.05, 0) is 22.5 Å². The topological polar surface area (TPSA) is 66.6 Å². The minimum atomic E-state index is 0.450. The fourth-order valence-corrected chi connectivity index (χ4v) is 3.07. The van der Waals surface area contributed by atoms with Crippen molar-refractivity contribution in [3.05, 3.63) is 39.2 Å². The molecule has 0 unspecified atom stereocenters. The summed E-state index contributed by atoms with van der Waals surface area (Å²) in [5, 5.41) is 9.98. The molecule has 0 fully saturated rings. The number of fused-ring (bicyclic) bond motifs is 3. The largest absolute Gasteiger partial charge is 0.264 e. The van der Waals surface area contributed by atoms with Crippen molar-refractivity contribution >= 4 is 11.3 Å². The fourth-order valence-electron chi connectivity index (χ4n) is 2.06. The second-order valence-corrected chi connectivity index (χ2v) is 4.56. The van der Waals surface area contributed by atoms with Crippen molar-refractivity contribution in [3.8, 4) is 10.6 Å². The zero-order chi connectivity index (χ0) is 11.0. The number of thiophene rings is 1. The van der Waals surface area contributed by atoms with E-state index in [0.717, 1.165) is 6.42 Å². The zero-order valence-corrected chi connectivity index (χ0v) is 9.31. The normalized spacial score (nSPS) is 12.0. The van der Waals surface area contributed by atoms with E-state index >= 15 is 0 Å². The van der Waals surface area contributed by atoms with E-state index in [2.05, 4.69) is 26.6 Å². The highest BCUT2D eigenvalue weighted by Gasteiger charge is 2.23. The van der Waals surface area contributed by atoms with Crippen LogP contribution in [0.2, 0.25) is 0 Å². The number of hydrogen-bond acceptors (Lipinski definition) is 3. The number of nitrogens with zero attached hydrogens (tertiary/aromatic N) is 5. The van der Waals surface area contributed by atoms with Crippen LogP contribution in [0.25, 0.3) is 21.0 Å². The average Bonchev–Trinajstić information content (AvgIpc) is 2.90. The molecule has 80 valence electrons. The van der Waals surface area contributed by atoms with E-state index < -0.39 is 0 Å². The lowest BCUT2D eigenvalue weighted by atomic mass is 10.2. The van der Waals surface area contributed by atoms with Crippen LogP contribution in [0.3, 0.4) is 0 Å². The highest BCUT2D eigenvalue weighted by Crippen LogP contribution is 2.40. The van der Waals surface area contributed by atoms with Gasteiger partial charge in [0.05, 0.1) is 16.8 Å². The van der Waals surface area contributed by atoms with E-state index in [9.17, 15) is 0 Å². The maximum Gasteiger partial charge on any atom is 0.0820 e. The lowest BCUT2D eigenvalue weighted by Gasteiger charge is -2.02. The van der Waals surface area contributed by atoms with Crippen molar-refractivity contribution in [1.82, 2.24) is 9.78 Å². The first-order valence-electron chi connectivity index (χ1n) is 5.02. The van der Waals surface area contributed by atoms with Crippen molar-refractivity contribution in [1.29, 1.82) is 0 Å². The number of hydrogen-bond donors (Lipinski definition) is 0. The summed E-state index contributed by atoms with van der Waals surface area (Å²) in [6, 6.07) is 2.16. The summed E-state index contributed by atoms with van der Waals surface area (Å²) in [6.07, 6.45) is 2.90. The Morgan fingerprint density at radius 3 is 3.38 bits per heavy atom. The standard InChI is InChI=1S/C10H9N5S/c11-14-12-2-3-15-9-8(6-13-15)5-7-1-4-16-10(7)9/h1,4,6H,2-3,5H2. The van der Waals surface area contributed by atoms with Gasteiger partial charge in [-0.15, -0.1) is 11.3 Å². The molecule has 16 heavy (non-hydrogen) atoms. The van der Waals surface area contributed by atoms with Crippen molar-refractivity contribution in [3.63, 3.8) is 0 Å². The van der Waals surface area contributed by atoms with Gasteiger partial charge in [0.1, 0.15) is 0 Å². The SMILES string of the molecule is [N-]=[N+]=NCCn1ncc2c1-c1sccc1C2. The Bertz CT molecular complexity index is 576. The molecule has 0 bridgehead atoms. The van der Waals surface area contributed by atoms with Crippen molar-refractivity contribution in [2.24, 2.45) is 5.11 Å². The lowest BCUT2D eigenvalue weighted by Crippen LogP contribution is -2.03. The predicted molar refractivity (Wildman–Crippen MR) is 62.4 cm³/mol. The highest BCUT2D eigenvalue weighted by molar-refractivity contribution is 7.13. The Kier molecular flexibility index (Phi) is 2.16. The van der Waals surface area contributed by atoms with Gasteiger partial charge in [-0.3, -0.25) is 4.68 Å². The Balaban J connectivity index is 1.96. The maximum absolute atomic E-state index is 8.24. The molecule has 0 saturated carbocycles. The van der Waals surface area contributed by atoms with Crippen LogP contribution < -0.4 is 0 Å². The third-order valence-electron chi connectivity index (χ3n) is 2.73. The molecule has 2 heterocycles. The molecule has 1 aliphatic rings. The van der Waals surface area contributed by atoms with Crippen LogP contribution in [0.4, 0.5) is 0 Å². The molecule has 2 aromatic rings. The molecule has 0 aliphatic heterocycles. The summed E-state index contributed by atoms with van der Waals surface area (Å²) < 4.78 is 1.94. The van der Waals surface area contributed by atoms with Gasteiger partial charge < -0.3 is 0 Å². The van der Waals surface area contributed by atoms with Gasteiger partial charge in [0.15, 0.2) is 0 Å². The van der Waals surface area contributed by atoms with Gasteiger partial charge in [0, 0.05) is 30.0 Å².